The molecule has 0 aromatic heterocycles. The number of carbonyl (C=O) groups is 1. The highest BCUT2D eigenvalue weighted by Crippen LogP contribution is 2.51. The molecule has 1 saturated carbocycles. The summed E-state index contributed by atoms with van der Waals surface area (Å²) in [6, 6.07) is 0. The van der Waals surface area contributed by atoms with Gasteiger partial charge in [-0.2, -0.15) is 0 Å². The zero-order valence-electron chi connectivity index (χ0n) is 24.4. The summed E-state index contributed by atoms with van der Waals surface area (Å²) in [5.74, 6) is 0.784. The SMILES string of the molecule is CCCCCCOC(=O)CCCCCC[C@@H]1[C@@H](CC[C@H](O)C(C)(C)CCCC)CCC12OC[C@H](CCl)O2. The van der Waals surface area contributed by atoms with Gasteiger partial charge >= 0.3 is 5.97 Å². The minimum absolute atomic E-state index is 0.0190. The zero-order chi connectivity index (χ0) is 27.2. The Morgan fingerprint density at radius 3 is 2.49 bits per heavy atom. The molecule has 2 aliphatic rings. The molecule has 1 spiro atoms. The predicted octanol–water partition coefficient (Wildman–Crippen LogP) is 8.18. The van der Waals surface area contributed by atoms with Crippen molar-refractivity contribution >= 4 is 17.6 Å². The summed E-state index contributed by atoms with van der Waals surface area (Å²) in [7, 11) is 0. The van der Waals surface area contributed by atoms with Crippen molar-refractivity contribution in [2.75, 3.05) is 19.1 Å². The number of aliphatic hydroxyl groups is 1. The molecule has 6 heteroatoms. The van der Waals surface area contributed by atoms with Gasteiger partial charge in [-0.25, -0.2) is 0 Å². The lowest BCUT2D eigenvalue weighted by molar-refractivity contribution is -0.196. The molecule has 5 nitrogen and oxygen atoms in total. The molecule has 0 bridgehead atoms. The van der Waals surface area contributed by atoms with Crippen molar-refractivity contribution in [2.24, 2.45) is 17.3 Å². The van der Waals surface area contributed by atoms with Crippen LogP contribution in [-0.2, 0) is 19.0 Å². The molecule has 5 atom stereocenters. The summed E-state index contributed by atoms with van der Waals surface area (Å²) in [5, 5.41) is 11.0. The Kier molecular flexibility index (Phi) is 15.4. The van der Waals surface area contributed by atoms with Crippen molar-refractivity contribution in [1.29, 1.82) is 0 Å². The monoisotopic (exact) mass is 544 g/mol. The number of rotatable bonds is 20. The van der Waals surface area contributed by atoms with Crippen LogP contribution in [0.25, 0.3) is 0 Å². The summed E-state index contributed by atoms with van der Waals surface area (Å²) in [5.41, 5.74) is -0.0392. The van der Waals surface area contributed by atoms with Crippen LogP contribution in [0, 0.1) is 17.3 Å². The van der Waals surface area contributed by atoms with Gasteiger partial charge in [-0.15, -0.1) is 11.6 Å². The Labute approximate surface area is 232 Å². The normalized spacial score (nSPS) is 26.7. The quantitative estimate of drug-likeness (QED) is 0.0950. The van der Waals surface area contributed by atoms with Crippen LogP contribution in [-0.4, -0.2) is 48.2 Å². The maximum atomic E-state index is 12.0. The Hall–Kier alpha value is -0.360. The van der Waals surface area contributed by atoms with E-state index >= 15 is 0 Å². The van der Waals surface area contributed by atoms with Crippen LogP contribution in [0.1, 0.15) is 137 Å². The van der Waals surface area contributed by atoms with Crippen molar-refractivity contribution < 1.29 is 24.1 Å². The number of ether oxygens (including phenoxy) is 3. The number of hydrogen-bond donors (Lipinski definition) is 1. The van der Waals surface area contributed by atoms with Crippen LogP contribution in [0.15, 0.2) is 0 Å². The minimum atomic E-state index is -0.492. The van der Waals surface area contributed by atoms with Gasteiger partial charge in [0.05, 0.1) is 31.3 Å². The summed E-state index contributed by atoms with van der Waals surface area (Å²) in [4.78, 5) is 12.0. The molecule has 1 N–H and O–H groups in total. The van der Waals surface area contributed by atoms with Crippen LogP contribution in [0.3, 0.4) is 0 Å². The number of aliphatic hydroxyl groups excluding tert-OH is 1. The van der Waals surface area contributed by atoms with Gasteiger partial charge in [-0.1, -0.05) is 79.1 Å². The van der Waals surface area contributed by atoms with Crippen molar-refractivity contribution in [3.8, 4) is 0 Å². The molecule has 1 aliphatic carbocycles. The van der Waals surface area contributed by atoms with Gasteiger partial charge in [-0.05, 0) is 56.3 Å². The number of alkyl halides is 1. The van der Waals surface area contributed by atoms with E-state index in [1.807, 2.05) is 0 Å². The first-order chi connectivity index (χ1) is 17.8. The summed E-state index contributed by atoms with van der Waals surface area (Å²) in [6.07, 6.45) is 17.3. The largest absolute Gasteiger partial charge is 0.466 e. The second-order valence-electron chi connectivity index (χ2n) is 12.3. The molecule has 1 aliphatic heterocycles. The molecular weight excluding hydrogens is 488 g/mol. The van der Waals surface area contributed by atoms with Gasteiger partial charge in [0.2, 0.25) is 0 Å². The van der Waals surface area contributed by atoms with Gasteiger partial charge < -0.3 is 19.3 Å². The molecule has 1 saturated heterocycles. The number of carbonyl (C=O) groups excluding carboxylic acids is 1. The van der Waals surface area contributed by atoms with Crippen molar-refractivity contribution in [2.45, 2.75) is 155 Å². The lowest BCUT2D eigenvalue weighted by atomic mass is 9.77. The smallest absolute Gasteiger partial charge is 0.305 e. The average Bonchev–Trinajstić information content (AvgIpc) is 3.46. The Balaban J connectivity index is 1.77. The van der Waals surface area contributed by atoms with Crippen LogP contribution >= 0.6 is 11.6 Å². The van der Waals surface area contributed by atoms with E-state index in [2.05, 4.69) is 27.7 Å². The summed E-state index contributed by atoms with van der Waals surface area (Å²) >= 11 is 6.11. The fourth-order valence-corrected chi connectivity index (χ4v) is 6.41. The highest BCUT2D eigenvalue weighted by molar-refractivity contribution is 6.18. The number of esters is 1. The Bertz CT molecular complexity index is 627. The first-order valence-electron chi connectivity index (χ1n) is 15.5. The van der Waals surface area contributed by atoms with Crippen LogP contribution < -0.4 is 0 Å². The van der Waals surface area contributed by atoms with Crippen LogP contribution in [0.2, 0.25) is 0 Å². The van der Waals surface area contributed by atoms with Crippen LogP contribution in [0.5, 0.6) is 0 Å². The van der Waals surface area contributed by atoms with Gasteiger partial charge in [0.1, 0.15) is 0 Å². The second kappa shape index (κ2) is 17.4. The molecule has 0 aromatic carbocycles. The minimum Gasteiger partial charge on any atom is -0.466 e. The first kappa shape index (κ1) is 32.8. The van der Waals surface area contributed by atoms with E-state index < -0.39 is 5.79 Å². The third kappa shape index (κ3) is 11.0. The van der Waals surface area contributed by atoms with Crippen LogP contribution in [0.4, 0.5) is 0 Å². The van der Waals surface area contributed by atoms with Crippen molar-refractivity contribution in [3.63, 3.8) is 0 Å². The molecule has 0 amide bonds. The molecule has 1 heterocycles. The zero-order valence-corrected chi connectivity index (χ0v) is 25.2. The first-order valence-corrected chi connectivity index (χ1v) is 16.0. The Morgan fingerprint density at radius 2 is 1.78 bits per heavy atom. The summed E-state index contributed by atoms with van der Waals surface area (Å²) < 4.78 is 18.1. The molecule has 2 fully saturated rings. The third-order valence-electron chi connectivity index (χ3n) is 8.84. The number of unbranched alkanes of at least 4 members (excludes halogenated alkanes) is 7. The highest BCUT2D eigenvalue weighted by Gasteiger charge is 2.54. The van der Waals surface area contributed by atoms with E-state index in [0.717, 1.165) is 83.5 Å². The second-order valence-corrected chi connectivity index (χ2v) is 12.7. The van der Waals surface area contributed by atoms with Gasteiger partial charge in [0, 0.05) is 18.8 Å². The Morgan fingerprint density at radius 1 is 1.05 bits per heavy atom. The maximum Gasteiger partial charge on any atom is 0.305 e. The molecule has 1 unspecified atom stereocenters. The molecule has 37 heavy (non-hydrogen) atoms. The number of hydrogen-bond acceptors (Lipinski definition) is 5. The van der Waals surface area contributed by atoms with Gasteiger partial charge in [0.15, 0.2) is 5.79 Å². The van der Waals surface area contributed by atoms with Crippen molar-refractivity contribution in [1.82, 2.24) is 0 Å². The fourth-order valence-electron chi connectivity index (χ4n) is 6.25. The molecule has 0 radical (unpaired) electrons. The highest BCUT2D eigenvalue weighted by atomic mass is 35.5. The molecule has 2 rings (SSSR count). The third-order valence-corrected chi connectivity index (χ3v) is 9.19. The van der Waals surface area contributed by atoms with E-state index in [1.165, 1.54) is 19.3 Å². The molecule has 218 valence electrons. The average molecular weight is 545 g/mol. The van der Waals surface area contributed by atoms with Gasteiger partial charge in [-0.3, -0.25) is 4.79 Å². The predicted molar refractivity (Wildman–Crippen MR) is 152 cm³/mol. The van der Waals surface area contributed by atoms with E-state index in [-0.39, 0.29) is 23.6 Å². The lowest BCUT2D eigenvalue weighted by Crippen LogP contribution is -2.38. The van der Waals surface area contributed by atoms with E-state index in [1.54, 1.807) is 0 Å². The lowest BCUT2D eigenvalue weighted by Gasteiger charge is -2.35. The summed E-state index contributed by atoms with van der Waals surface area (Å²) in [6.45, 7) is 9.96. The molecular formula is C31H57ClO5. The standard InChI is InChI=1S/C31H57ClO5/c1-5-7-9-14-22-35-29(34)16-13-11-10-12-15-27-25(17-18-28(33)30(3,4)20-8-6-2)19-21-31(27)36-24-26(23-32)37-31/h25-28,33H,5-24H2,1-4H3/t25-,26-,27+,28-,31?/m0/s1. The topological polar surface area (TPSA) is 65.0 Å². The van der Waals surface area contributed by atoms with Gasteiger partial charge in [0.25, 0.3) is 0 Å². The maximum absolute atomic E-state index is 12.0. The van der Waals surface area contributed by atoms with E-state index in [9.17, 15) is 9.90 Å². The fraction of sp³-hybridized carbons (Fsp3) is 0.968. The van der Waals surface area contributed by atoms with Crippen molar-refractivity contribution in [3.05, 3.63) is 0 Å². The molecule has 0 aromatic rings. The van der Waals surface area contributed by atoms with E-state index in [0.29, 0.717) is 37.4 Å². The number of halogens is 1. The van der Waals surface area contributed by atoms with E-state index in [4.69, 9.17) is 25.8 Å².